The highest BCUT2D eigenvalue weighted by atomic mass is 16.3. The molecule has 0 aliphatic carbocycles. The Morgan fingerprint density at radius 2 is 1.94 bits per heavy atom. The molecule has 0 saturated carbocycles. The zero-order chi connectivity index (χ0) is 14.1. The normalized spacial score (nSPS) is 26.8. The summed E-state index contributed by atoms with van der Waals surface area (Å²) in [6.07, 6.45) is 0.313. The Balaban J connectivity index is 2.83. The van der Waals surface area contributed by atoms with Crippen LogP contribution in [0.25, 0.3) is 0 Å². The number of β-amino-alcohol motifs (C(OH)–C–C–N with tert-alkyl or cyclic N) is 1. The molecule has 1 heterocycles. The van der Waals surface area contributed by atoms with Gasteiger partial charge in [0.2, 0.25) is 5.91 Å². The Bertz CT molecular complexity index is 297. The fourth-order valence-corrected chi connectivity index (χ4v) is 2.50. The number of aliphatic hydroxyl groups is 1. The summed E-state index contributed by atoms with van der Waals surface area (Å²) in [6, 6.07) is 0.192. The zero-order valence-corrected chi connectivity index (χ0v) is 12.5. The number of rotatable bonds is 3. The van der Waals surface area contributed by atoms with Crippen LogP contribution in [0.2, 0.25) is 0 Å². The third-order valence-electron chi connectivity index (χ3n) is 3.45. The minimum atomic E-state index is -0.372. The first-order chi connectivity index (χ1) is 8.12. The standard InChI is InChI=1S/C14H28N2O2/c1-9(2)15-12(14(4,5)6)13(18)16-8-11(17)7-10(16)3/h9-12,15,17H,7-8H2,1-6H3/t10-,11-,12-/m1/s1. The third-order valence-corrected chi connectivity index (χ3v) is 3.45. The smallest absolute Gasteiger partial charge is 0.240 e. The molecule has 0 spiro atoms. The van der Waals surface area contributed by atoms with Crippen molar-refractivity contribution in [2.24, 2.45) is 5.41 Å². The van der Waals surface area contributed by atoms with Gasteiger partial charge in [-0.1, -0.05) is 34.6 Å². The number of carbonyl (C=O) groups excluding carboxylic acids is 1. The van der Waals surface area contributed by atoms with Crippen LogP contribution in [0.4, 0.5) is 0 Å². The van der Waals surface area contributed by atoms with Gasteiger partial charge in [0.25, 0.3) is 0 Å². The first-order valence-electron chi connectivity index (χ1n) is 6.87. The summed E-state index contributed by atoms with van der Waals surface area (Å²) >= 11 is 0. The van der Waals surface area contributed by atoms with E-state index in [4.69, 9.17) is 0 Å². The summed E-state index contributed by atoms with van der Waals surface area (Å²) in [5.41, 5.74) is -0.130. The van der Waals surface area contributed by atoms with Crippen molar-refractivity contribution in [2.45, 2.75) is 72.2 Å². The topological polar surface area (TPSA) is 52.6 Å². The molecule has 18 heavy (non-hydrogen) atoms. The van der Waals surface area contributed by atoms with Gasteiger partial charge in [-0.3, -0.25) is 4.79 Å². The van der Waals surface area contributed by atoms with Crippen molar-refractivity contribution in [3.63, 3.8) is 0 Å². The van der Waals surface area contributed by atoms with E-state index in [9.17, 15) is 9.90 Å². The van der Waals surface area contributed by atoms with Crippen LogP contribution in [0.5, 0.6) is 0 Å². The molecule has 0 aromatic carbocycles. The Morgan fingerprint density at radius 1 is 1.39 bits per heavy atom. The van der Waals surface area contributed by atoms with Gasteiger partial charge in [0.15, 0.2) is 0 Å². The van der Waals surface area contributed by atoms with Gasteiger partial charge in [-0.25, -0.2) is 0 Å². The lowest BCUT2D eigenvalue weighted by molar-refractivity contribution is -0.137. The van der Waals surface area contributed by atoms with Crippen molar-refractivity contribution in [1.82, 2.24) is 10.2 Å². The maximum Gasteiger partial charge on any atom is 0.240 e. The molecule has 3 atom stereocenters. The average molecular weight is 256 g/mol. The van der Waals surface area contributed by atoms with E-state index < -0.39 is 0 Å². The summed E-state index contributed by atoms with van der Waals surface area (Å²) in [5.74, 6) is 0.111. The molecule has 1 saturated heterocycles. The summed E-state index contributed by atoms with van der Waals surface area (Å²) in [6.45, 7) is 12.8. The molecule has 4 nitrogen and oxygen atoms in total. The Hall–Kier alpha value is -0.610. The molecule has 1 aliphatic heterocycles. The van der Waals surface area contributed by atoms with Gasteiger partial charge in [0, 0.05) is 18.6 Å². The molecule has 0 bridgehead atoms. The first-order valence-corrected chi connectivity index (χ1v) is 6.87. The number of aliphatic hydroxyl groups excluding tert-OH is 1. The minimum Gasteiger partial charge on any atom is -0.391 e. The van der Waals surface area contributed by atoms with Crippen molar-refractivity contribution in [3.8, 4) is 0 Å². The van der Waals surface area contributed by atoms with Crippen LogP contribution in [0.3, 0.4) is 0 Å². The highest BCUT2D eigenvalue weighted by Crippen LogP contribution is 2.25. The zero-order valence-electron chi connectivity index (χ0n) is 12.5. The molecule has 0 aromatic rings. The van der Waals surface area contributed by atoms with E-state index in [0.29, 0.717) is 13.0 Å². The number of nitrogens with one attached hydrogen (secondary N) is 1. The SMILES string of the molecule is CC(C)N[C@H](C(=O)N1C[C@H](O)C[C@H]1C)C(C)(C)C. The number of nitrogens with zero attached hydrogens (tertiary/aromatic N) is 1. The van der Waals surface area contributed by atoms with E-state index in [-0.39, 0.29) is 35.6 Å². The van der Waals surface area contributed by atoms with E-state index in [1.807, 2.05) is 25.7 Å². The summed E-state index contributed by atoms with van der Waals surface area (Å²) in [7, 11) is 0. The summed E-state index contributed by atoms with van der Waals surface area (Å²) in [4.78, 5) is 14.5. The Labute approximate surface area is 111 Å². The summed E-state index contributed by atoms with van der Waals surface area (Å²) in [5, 5.41) is 13.0. The van der Waals surface area contributed by atoms with Crippen LogP contribution in [-0.2, 0) is 4.79 Å². The maximum absolute atomic E-state index is 12.6. The molecule has 1 amide bonds. The maximum atomic E-state index is 12.6. The molecule has 1 aliphatic rings. The lowest BCUT2D eigenvalue weighted by Gasteiger charge is -2.36. The number of carbonyl (C=O) groups is 1. The molecular weight excluding hydrogens is 228 g/mol. The number of likely N-dealkylation sites (tertiary alicyclic amines) is 1. The Kier molecular flexibility index (Phi) is 4.78. The Morgan fingerprint density at radius 3 is 2.28 bits per heavy atom. The summed E-state index contributed by atoms with van der Waals surface area (Å²) < 4.78 is 0. The second-order valence-corrected chi connectivity index (χ2v) is 6.85. The van der Waals surface area contributed by atoms with Crippen LogP contribution in [0, 0.1) is 5.41 Å². The number of hydrogen-bond acceptors (Lipinski definition) is 3. The highest BCUT2D eigenvalue weighted by molar-refractivity contribution is 5.83. The molecule has 0 radical (unpaired) electrons. The molecule has 1 fully saturated rings. The van der Waals surface area contributed by atoms with Gasteiger partial charge < -0.3 is 15.3 Å². The van der Waals surface area contributed by atoms with Gasteiger partial charge in [-0.05, 0) is 18.8 Å². The number of hydrogen-bond donors (Lipinski definition) is 2. The van der Waals surface area contributed by atoms with Crippen molar-refractivity contribution in [1.29, 1.82) is 0 Å². The first kappa shape index (κ1) is 15.4. The predicted molar refractivity (Wildman–Crippen MR) is 73.3 cm³/mol. The molecule has 1 rings (SSSR count). The van der Waals surface area contributed by atoms with E-state index >= 15 is 0 Å². The highest BCUT2D eigenvalue weighted by Gasteiger charge is 2.39. The minimum absolute atomic E-state index is 0.111. The van der Waals surface area contributed by atoms with Crippen LogP contribution in [0.15, 0.2) is 0 Å². The lowest BCUT2D eigenvalue weighted by atomic mass is 9.85. The van der Waals surface area contributed by atoms with Crippen LogP contribution >= 0.6 is 0 Å². The van der Waals surface area contributed by atoms with Gasteiger partial charge in [-0.15, -0.1) is 0 Å². The molecule has 0 unspecified atom stereocenters. The van der Waals surface area contributed by atoms with Crippen LogP contribution in [0.1, 0.15) is 48.0 Å². The molecule has 106 valence electrons. The second-order valence-electron chi connectivity index (χ2n) is 6.85. The van der Waals surface area contributed by atoms with Crippen molar-refractivity contribution < 1.29 is 9.90 Å². The average Bonchev–Trinajstić information content (AvgIpc) is 2.51. The van der Waals surface area contributed by atoms with E-state index in [0.717, 1.165) is 0 Å². The van der Waals surface area contributed by atoms with Crippen molar-refractivity contribution in [2.75, 3.05) is 6.54 Å². The van der Waals surface area contributed by atoms with Crippen molar-refractivity contribution in [3.05, 3.63) is 0 Å². The van der Waals surface area contributed by atoms with Gasteiger partial charge >= 0.3 is 0 Å². The van der Waals surface area contributed by atoms with E-state index in [2.05, 4.69) is 26.1 Å². The lowest BCUT2D eigenvalue weighted by Crippen LogP contribution is -2.55. The quantitative estimate of drug-likeness (QED) is 0.802. The van der Waals surface area contributed by atoms with Gasteiger partial charge in [0.05, 0.1) is 12.1 Å². The third kappa shape index (κ3) is 3.69. The fourth-order valence-electron chi connectivity index (χ4n) is 2.50. The largest absolute Gasteiger partial charge is 0.391 e. The number of amides is 1. The van der Waals surface area contributed by atoms with Crippen molar-refractivity contribution >= 4 is 5.91 Å². The monoisotopic (exact) mass is 256 g/mol. The molecule has 4 heteroatoms. The predicted octanol–water partition coefficient (Wildman–Crippen LogP) is 1.38. The molecule has 2 N–H and O–H groups in total. The molecule has 0 aromatic heterocycles. The van der Waals surface area contributed by atoms with E-state index in [1.54, 1.807) is 0 Å². The van der Waals surface area contributed by atoms with Crippen LogP contribution < -0.4 is 5.32 Å². The fraction of sp³-hybridized carbons (Fsp3) is 0.929. The van der Waals surface area contributed by atoms with Gasteiger partial charge in [0.1, 0.15) is 0 Å². The second kappa shape index (κ2) is 5.57. The van der Waals surface area contributed by atoms with E-state index in [1.165, 1.54) is 0 Å². The van der Waals surface area contributed by atoms with Gasteiger partial charge in [-0.2, -0.15) is 0 Å². The molecular formula is C14H28N2O2. The van der Waals surface area contributed by atoms with Crippen LogP contribution in [-0.4, -0.2) is 46.7 Å².